The highest BCUT2D eigenvalue weighted by Gasteiger charge is 2.30. The molecule has 5 heteroatoms. The fourth-order valence-electron chi connectivity index (χ4n) is 3.21. The summed E-state index contributed by atoms with van der Waals surface area (Å²) in [5.74, 6) is -0.639. The zero-order chi connectivity index (χ0) is 15.5. The summed E-state index contributed by atoms with van der Waals surface area (Å²) in [6, 6.07) is 11.8. The summed E-state index contributed by atoms with van der Waals surface area (Å²) < 4.78 is 13.7. The molecule has 2 aromatic carbocycles. The SMILES string of the molecule is [N-]=[N+]=N[C@@H]1c2cc(F)ccc2Cc2ccccc2[C@H]1CC=O. The van der Waals surface area contributed by atoms with Crippen molar-refractivity contribution in [2.75, 3.05) is 0 Å². The molecule has 0 N–H and O–H groups in total. The van der Waals surface area contributed by atoms with Crippen molar-refractivity contribution in [2.24, 2.45) is 5.11 Å². The van der Waals surface area contributed by atoms with E-state index in [0.717, 1.165) is 23.0 Å². The van der Waals surface area contributed by atoms with Gasteiger partial charge < -0.3 is 4.79 Å². The number of fused-ring (bicyclic) bond motifs is 2. The van der Waals surface area contributed by atoms with Crippen LogP contribution in [-0.2, 0) is 11.2 Å². The molecule has 22 heavy (non-hydrogen) atoms. The second-order valence-corrected chi connectivity index (χ2v) is 5.38. The van der Waals surface area contributed by atoms with E-state index in [0.29, 0.717) is 12.0 Å². The van der Waals surface area contributed by atoms with Crippen LogP contribution in [0.3, 0.4) is 0 Å². The number of carbonyl (C=O) groups is 1. The van der Waals surface area contributed by atoms with Gasteiger partial charge in [-0.1, -0.05) is 35.4 Å². The maximum atomic E-state index is 13.7. The van der Waals surface area contributed by atoms with Gasteiger partial charge in [0.25, 0.3) is 0 Å². The third-order valence-corrected chi connectivity index (χ3v) is 4.17. The predicted octanol–water partition coefficient (Wildman–Crippen LogP) is 4.45. The maximum absolute atomic E-state index is 13.7. The summed E-state index contributed by atoms with van der Waals surface area (Å²) in [6.45, 7) is 0. The molecule has 0 fully saturated rings. The molecule has 1 aliphatic rings. The highest BCUT2D eigenvalue weighted by atomic mass is 19.1. The number of hydrogen-bond donors (Lipinski definition) is 0. The number of hydrogen-bond acceptors (Lipinski definition) is 2. The average molecular weight is 295 g/mol. The van der Waals surface area contributed by atoms with Crippen molar-refractivity contribution in [1.29, 1.82) is 0 Å². The van der Waals surface area contributed by atoms with E-state index in [1.165, 1.54) is 12.1 Å². The Morgan fingerprint density at radius 3 is 2.77 bits per heavy atom. The Bertz CT molecular complexity index is 768. The molecule has 0 saturated heterocycles. The minimum Gasteiger partial charge on any atom is -0.303 e. The number of nitrogens with zero attached hydrogens (tertiary/aromatic N) is 3. The van der Waals surface area contributed by atoms with Crippen LogP contribution in [0.1, 0.15) is 40.6 Å². The normalized spacial score (nSPS) is 19.3. The Hall–Kier alpha value is -2.65. The van der Waals surface area contributed by atoms with Gasteiger partial charge in [0.1, 0.15) is 12.1 Å². The predicted molar refractivity (Wildman–Crippen MR) is 81.0 cm³/mol. The van der Waals surface area contributed by atoms with E-state index in [4.69, 9.17) is 5.53 Å². The van der Waals surface area contributed by atoms with Crippen LogP contribution in [0.15, 0.2) is 47.6 Å². The quantitative estimate of drug-likeness (QED) is 0.357. The minimum atomic E-state index is -0.579. The lowest BCUT2D eigenvalue weighted by Gasteiger charge is -2.22. The first kappa shape index (κ1) is 14.3. The summed E-state index contributed by atoms with van der Waals surface area (Å²) >= 11 is 0. The Balaban J connectivity index is 2.26. The second-order valence-electron chi connectivity index (χ2n) is 5.38. The molecule has 0 aromatic heterocycles. The number of rotatable bonds is 3. The van der Waals surface area contributed by atoms with E-state index in [1.807, 2.05) is 24.3 Å². The molecule has 110 valence electrons. The van der Waals surface area contributed by atoms with Gasteiger partial charge in [0.2, 0.25) is 0 Å². The summed E-state index contributed by atoms with van der Waals surface area (Å²) in [5.41, 5.74) is 12.6. The minimum absolute atomic E-state index is 0.233. The molecule has 0 radical (unpaired) electrons. The van der Waals surface area contributed by atoms with Gasteiger partial charge in [-0.3, -0.25) is 0 Å². The molecule has 0 amide bonds. The standard InChI is InChI=1S/C17H14FN3O/c18-13-6-5-12-9-11-3-1-2-4-14(11)15(7-8-22)17(20-21-19)16(12)10-13/h1-6,8,10,15,17H,7,9H2/t15-,17+/m1/s1. The van der Waals surface area contributed by atoms with Crippen molar-refractivity contribution in [3.8, 4) is 0 Å². The first-order chi connectivity index (χ1) is 10.7. The highest BCUT2D eigenvalue weighted by molar-refractivity contribution is 5.55. The van der Waals surface area contributed by atoms with Crippen molar-refractivity contribution < 1.29 is 9.18 Å². The van der Waals surface area contributed by atoms with Gasteiger partial charge in [-0.15, -0.1) is 0 Å². The van der Waals surface area contributed by atoms with Gasteiger partial charge in [-0.05, 0) is 46.3 Å². The lowest BCUT2D eigenvalue weighted by molar-refractivity contribution is -0.108. The van der Waals surface area contributed by atoms with E-state index >= 15 is 0 Å². The lowest BCUT2D eigenvalue weighted by Crippen LogP contribution is -2.10. The Morgan fingerprint density at radius 1 is 1.23 bits per heavy atom. The van der Waals surface area contributed by atoms with Gasteiger partial charge in [0.15, 0.2) is 0 Å². The number of carbonyl (C=O) groups excluding carboxylic acids is 1. The van der Waals surface area contributed by atoms with Gasteiger partial charge in [-0.2, -0.15) is 0 Å². The zero-order valence-electron chi connectivity index (χ0n) is 11.8. The summed E-state index contributed by atoms with van der Waals surface area (Å²) in [4.78, 5) is 14.0. The molecule has 0 saturated carbocycles. The van der Waals surface area contributed by atoms with Gasteiger partial charge >= 0.3 is 0 Å². The highest BCUT2D eigenvalue weighted by Crippen LogP contribution is 2.43. The van der Waals surface area contributed by atoms with Crippen molar-refractivity contribution in [1.82, 2.24) is 0 Å². The average Bonchev–Trinajstić information content (AvgIpc) is 2.64. The van der Waals surface area contributed by atoms with Crippen molar-refractivity contribution in [2.45, 2.75) is 24.8 Å². The summed E-state index contributed by atoms with van der Waals surface area (Å²) in [7, 11) is 0. The smallest absolute Gasteiger partial charge is 0.123 e. The van der Waals surface area contributed by atoms with Crippen LogP contribution in [0.2, 0.25) is 0 Å². The second kappa shape index (κ2) is 6.00. The van der Waals surface area contributed by atoms with Crippen LogP contribution in [0.25, 0.3) is 10.4 Å². The summed E-state index contributed by atoms with van der Waals surface area (Å²) in [5, 5.41) is 3.88. The van der Waals surface area contributed by atoms with Crippen molar-refractivity contribution in [3.63, 3.8) is 0 Å². The maximum Gasteiger partial charge on any atom is 0.123 e. The first-order valence-electron chi connectivity index (χ1n) is 7.08. The third-order valence-electron chi connectivity index (χ3n) is 4.17. The molecule has 0 bridgehead atoms. The fourth-order valence-corrected chi connectivity index (χ4v) is 3.21. The monoisotopic (exact) mass is 295 g/mol. The van der Waals surface area contributed by atoms with Crippen LogP contribution >= 0.6 is 0 Å². The molecule has 0 aliphatic heterocycles. The number of aldehydes is 1. The van der Waals surface area contributed by atoms with E-state index in [1.54, 1.807) is 6.07 Å². The van der Waals surface area contributed by atoms with Crippen LogP contribution in [0.4, 0.5) is 4.39 Å². The summed E-state index contributed by atoms with van der Waals surface area (Å²) in [6.07, 6.45) is 1.70. The molecule has 0 spiro atoms. The number of benzene rings is 2. The molecule has 1 aliphatic carbocycles. The Labute approximate surface area is 127 Å². The molecule has 0 heterocycles. The largest absolute Gasteiger partial charge is 0.303 e. The zero-order valence-corrected chi connectivity index (χ0v) is 11.8. The molecular formula is C17H14FN3O. The van der Waals surface area contributed by atoms with Crippen LogP contribution < -0.4 is 0 Å². The van der Waals surface area contributed by atoms with E-state index in [-0.39, 0.29) is 18.2 Å². The van der Waals surface area contributed by atoms with E-state index in [9.17, 15) is 9.18 Å². The first-order valence-corrected chi connectivity index (χ1v) is 7.08. The molecule has 0 unspecified atom stereocenters. The molecule has 2 atom stereocenters. The molecule has 2 aromatic rings. The van der Waals surface area contributed by atoms with Crippen molar-refractivity contribution in [3.05, 3.63) is 81.0 Å². The number of halogens is 1. The van der Waals surface area contributed by atoms with Crippen LogP contribution in [0, 0.1) is 5.82 Å². The molecular weight excluding hydrogens is 281 g/mol. The lowest BCUT2D eigenvalue weighted by atomic mass is 9.85. The Morgan fingerprint density at radius 2 is 2.00 bits per heavy atom. The topological polar surface area (TPSA) is 65.8 Å². The number of azide groups is 1. The van der Waals surface area contributed by atoms with Crippen LogP contribution in [0.5, 0.6) is 0 Å². The van der Waals surface area contributed by atoms with E-state index in [2.05, 4.69) is 10.0 Å². The van der Waals surface area contributed by atoms with E-state index < -0.39 is 6.04 Å². The van der Waals surface area contributed by atoms with Gasteiger partial charge in [0.05, 0.1) is 6.04 Å². The van der Waals surface area contributed by atoms with Crippen molar-refractivity contribution >= 4 is 6.29 Å². The van der Waals surface area contributed by atoms with Gasteiger partial charge in [-0.25, -0.2) is 4.39 Å². The molecule has 4 nitrogen and oxygen atoms in total. The molecule has 3 rings (SSSR count). The third kappa shape index (κ3) is 2.47. The Kier molecular flexibility index (Phi) is 3.90. The van der Waals surface area contributed by atoms with Crippen LogP contribution in [-0.4, -0.2) is 6.29 Å². The fraction of sp³-hybridized carbons (Fsp3) is 0.235. The van der Waals surface area contributed by atoms with Gasteiger partial charge in [0, 0.05) is 17.3 Å².